The van der Waals surface area contributed by atoms with Gasteiger partial charge in [-0.3, -0.25) is 0 Å². The van der Waals surface area contributed by atoms with Gasteiger partial charge in [0.1, 0.15) is 5.75 Å². The monoisotopic (exact) mass is 208 g/mol. The van der Waals surface area contributed by atoms with Crippen LogP contribution in [0.5, 0.6) is 5.75 Å². The predicted molar refractivity (Wildman–Crippen MR) is 62.6 cm³/mol. The topological polar surface area (TPSA) is 61.3 Å². The predicted octanol–water partition coefficient (Wildman–Crippen LogP) is 1.78. The van der Waals surface area contributed by atoms with E-state index in [-0.39, 0.29) is 0 Å². The molecular weight excluding hydrogens is 188 g/mol. The molecule has 4 N–H and O–H groups in total. The number of hydrogen-bond acceptors (Lipinski definition) is 3. The smallest absolute Gasteiger partial charge is 0.119 e. The van der Waals surface area contributed by atoms with Gasteiger partial charge in [0, 0.05) is 13.1 Å². The second-order valence-electron chi connectivity index (χ2n) is 3.54. The molecule has 0 saturated carbocycles. The van der Waals surface area contributed by atoms with Crippen LogP contribution in [-0.4, -0.2) is 6.61 Å². The first-order chi connectivity index (χ1) is 7.31. The van der Waals surface area contributed by atoms with Crippen molar-refractivity contribution in [1.29, 1.82) is 0 Å². The fourth-order valence-corrected chi connectivity index (χ4v) is 1.42. The average molecular weight is 208 g/mol. The van der Waals surface area contributed by atoms with Crippen molar-refractivity contribution in [3.05, 3.63) is 29.3 Å². The van der Waals surface area contributed by atoms with Gasteiger partial charge in [0.25, 0.3) is 0 Å². The molecule has 0 bridgehead atoms. The van der Waals surface area contributed by atoms with Crippen molar-refractivity contribution in [2.45, 2.75) is 32.9 Å². The van der Waals surface area contributed by atoms with Crippen LogP contribution in [0.3, 0.4) is 0 Å². The van der Waals surface area contributed by atoms with Gasteiger partial charge >= 0.3 is 0 Å². The quantitative estimate of drug-likeness (QED) is 0.700. The molecule has 3 heteroatoms. The molecule has 0 saturated heterocycles. The van der Waals surface area contributed by atoms with Crippen LogP contribution in [0.1, 0.15) is 30.9 Å². The van der Waals surface area contributed by atoms with E-state index in [4.69, 9.17) is 16.2 Å². The zero-order chi connectivity index (χ0) is 11.1. The van der Waals surface area contributed by atoms with Crippen LogP contribution in [0.2, 0.25) is 0 Å². The van der Waals surface area contributed by atoms with Crippen LogP contribution >= 0.6 is 0 Å². The van der Waals surface area contributed by atoms with Crippen molar-refractivity contribution in [2.75, 3.05) is 6.61 Å². The summed E-state index contributed by atoms with van der Waals surface area (Å²) in [6.07, 6.45) is 2.22. The summed E-state index contributed by atoms with van der Waals surface area (Å²) in [5.74, 6) is 0.890. The number of benzene rings is 1. The normalized spacial score (nSPS) is 10.3. The molecule has 0 fully saturated rings. The van der Waals surface area contributed by atoms with Gasteiger partial charge in [-0.25, -0.2) is 0 Å². The summed E-state index contributed by atoms with van der Waals surface area (Å²) in [6.45, 7) is 3.95. The van der Waals surface area contributed by atoms with E-state index >= 15 is 0 Å². The average Bonchev–Trinajstić information content (AvgIpc) is 2.29. The molecule has 1 aromatic carbocycles. The highest BCUT2D eigenvalue weighted by atomic mass is 16.5. The standard InChI is InChI=1S/C12H20N2O/c1-2-3-6-15-12-5-4-10(8-13)11(7-12)9-14/h4-5,7H,2-3,6,8-9,13-14H2,1H3. The minimum absolute atomic E-state index is 0.511. The number of unbranched alkanes of at least 4 members (excludes halogenated alkanes) is 1. The van der Waals surface area contributed by atoms with Crippen molar-refractivity contribution in [2.24, 2.45) is 11.5 Å². The fraction of sp³-hybridized carbons (Fsp3) is 0.500. The third-order valence-corrected chi connectivity index (χ3v) is 2.38. The maximum atomic E-state index is 5.64. The summed E-state index contributed by atoms with van der Waals surface area (Å²) in [4.78, 5) is 0. The lowest BCUT2D eigenvalue weighted by Gasteiger charge is -2.10. The first-order valence-corrected chi connectivity index (χ1v) is 5.46. The third-order valence-electron chi connectivity index (χ3n) is 2.38. The Kier molecular flexibility index (Phi) is 5.15. The zero-order valence-electron chi connectivity index (χ0n) is 9.33. The second-order valence-corrected chi connectivity index (χ2v) is 3.54. The second kappa shape index (κ2) is 6.43. The van der Waals surface area contributed by atoms with Crippen LogP contribution in [0, 0.1) is 0 Å². The lowest BCUT2D eigenvalue weighted by molar-refractivity contribution is 0.309. The van der Waals surface area contributed by atoms with Crippen LogP contribution in [0.4, 0.5) is 0 Å². The molecule has 0 aromatic heterocycles. The molecule has 0 aliphatic heterocycles. The van der Waals surface area contributed by atoms with E-state index in [1.807, 2.05) is 18.2 Å². The van der Waals surface area contributed by atoms with E-state index in [1.165, 1.54) is 0 Å². The molecule has 1 rings (SSSR count). The van der Waals surface area contributed by atoms with Crippen LogP contribution in [-0.2, 0) is 13.1 Å². The molecule has 0 aliphatic rings. The van der Waals surface area contributed by atoms with Gasteiger partial charge in [-0.15, -0.1) is 0 Å². The summed E-state index contributed by atoms with van der Waals surface area (Å²) in [7, 11) is 0. The van der Waals surface area contributed by atoms with Gasteiger partial charge in [-0.05, 0) is 29.7 Å². The first-order valence-electron chi connectivity index (χ1n) is 5.46. The Labute approximate surface area is 91.4 Å². The number of ether oxygens (including phenoxy) is 1. The molecule has 3 nitrogen and oxygen atoms in total. The van der Waals surface area contributed by atoms with Crippen LogP contribution < -0.4 is 16.2 Å². The third kappa shape index (κ3) is 3.53. The lowest BCUT2D eigenvalue weighted by Crippen LogP contribution is -2.06. The molecule has 1 aromatic rings. The molecule has 0 atom stereocenters. The molecule has 15 heavy (non-hydrogen) atoms. The molecule has 0 radical (unpaired) electrons. The maximum absolute atomic E-state index is 5.64. The van der Waals surface area contributed by atoms with E-state index in [2.05, 4.69) is 6.92 Å². The minimum Gasteiger partial charge on any atom is -0.494 e. The number of rotatable bonds is 6. The highest BCUT2D eigenvalue weighted by molar-refractivity contribution is 5.35. The summed E-state index contributed by atoms with van der Waals surface area (Å²) in [5, 5.41) is 0. The molecule has 0 unspecified atom stereocenters. The highest BCUT2D eigenvalue weighted by Gasteiger charge is 2.01. The Morgan fingerprint density at radius 2 is 1.87 bits per heavy atom. The van der Waals surface area contributed by atoms with Gasteiger partial charge in [0.15, 0.2) is 0 Å². The fourth-order valence-electron chi connectivity index (χ4n) is 1.42. The van der Waals surface area contributed by atoms with E-state index in [9.17, 15) is 0 Å². The lowest BCUT2D eigenvalue weighted by atomic mass is 10.1. The van der Waals surface area contributed by atoms with E-state index in [1.54, 1.807) is 0 Å². The van der Waals surface area contributed by atoms with Crippen molar-refractivity contribution in [3.8, 4) is 5.75 Å². The molecule has 0 amide bonds. The minimum atomic E-state index is 0.511. The van der Waals surface area contributed by atoms with Crippen molar-refractivity contribution in [1.82, 2.24) is 0 Å². The van der Waals surface area contributed by atoms with Gasteiger partial charge in [0.2, 0.25) is 0 Å². The van der Waals surface area contributed by atoms with E-state index in [0.29, 0.717) is 13.1 Å². The van der Waals surface area contributed by atoms with E-state index in [0.717, 1.165) is 36.3 Å². The summed E-state index contributed by atoms with van der Waals surface area (Å²) >= 11 is 0. The van der Waals surface area contributed by atoms with Gasteiger partial charge in [-0.2, -0.15) is 0 Å². The van der Waals surface area contributed by atoms with Crippen LogP contribution in [0.25, 0.3) is 0 Å². The van der Waals surface area contributed by atoms with Gasteiger partial charge in [-0.1, -0.05) is 19.4 Å². The molecule has 0 heterocycles. The summed E-state index contributed by atoms with van der Waals surface area (Å²) < 4.78 is 5.59. The molecule has 0 spiro atoms. The van der Waals surface area contributed by atoms with Gasteiger partial charge < -0.3 is 16.2 Å². The number of hydrogen-bond donors (Lipinski definition) is 2. The zero-order valence-corrected chi connectivity index (χ0v) is 9.33. The van der Waals surface area contributed by atoms with Crippen molar-refractivity contribution in [3.63, 3.8) is 0 Å². The Balaban J connectivity index is 2.66. The molecule has 84 valence electrons. The first kappa shape index (κ1) is 12.0. The van der Waals surface area contributed by atoms with Gasteiger partial charge in [0.05, 0.1) is 6.61 Å². The Bertz CT molecular complexity index is 300. The Morgan fingerprint density at radius 1 is 1.13 bits per heavy atom. The maximum Gasteiger partial charge on any atom is 0.119 e. The molecular formula is C12H20N2O. The molecule has 0 aliphatic carbocycles. The largest absolute Gasteiger partial charge is 0.494 e. The SMILES string of the molecule is CCCCOc1ccc(CN)c(CN)c1. The van der Waals surface area contributed by atoms with Crippen LogP contribution in [0.15, 0.2) is 18.2 Å². The summed E-state index contributed by atoms with van der Waals surface area (Å²) in [5.41, 5.74) is 13.4. The Hall–Kier alpha value is -1.06. The summed E-state index contributed by atoms with van der Waals surface area (Å²) in [6, 6.07) is 5.93. The van der Waals surface area contributed by atoms with Crippen molar-refractivity contribution < 1.29 is 4.74 Å². The van der Waals surface area contributed by atoms with Crippen molar-refractivity contribution >= 4 is 0 Å². The number of nitrogens with two attached hydrogens (primary N) is 2. The van der Waals surface area contributed by atoms with E-state index < -0.39 is 0 Å². The highest BCUT2D eigenvalue weighted by Crippen LogP contribution is 2.17. The Morgan fingerprint density at radius 3 is 2.47 bits per heavy atom.